The number of nitrogens with zero attached hydrogens (tertiary/aromatic N) is 2. The lowest BCUT2D eigenvalue weighted by molar-refractivity contribution is -0.131. The summed E-state index contributed by atoms with van der Waals surface area (Å²) >= 11 is 0. The first kappa shape index (κ1) is 15.4. The number of rotatable bonds is 5. The average molecular weight is 331 g/mol. The molecule has 0 aliphatic carbocycles. The Bertz CT molecular complexity index is 712. The molecule has 1 aromatic rings. The van der Waals surface area contributed by atoms with E-state index >= 15 is 0 Å². The maximum atomic E-state index is 13.0. The van der Waals surface area contributed by atoms with Crippen molar-refractivity contribution in [1.82, 2.24) is 10.5 Å². The monoisotopic (exact) mass is 331 g/mol. The summed E-state index contributed by atoms with van der Waals surface area (Å²) in [4.78, 5) is 27.2. The van der Waals surface area contributed by atoms with Crippen molar-refractivity contribution in [3.05, 3.63) is 24.0 Å². The standard InChI is InChI=1S/C17H21N3O4/c1-3-4-7-18-15(21)13-11-5-6-17(23-11)9-20(16(22)14(13)17)12-8-10(2)24-19-12/h5-6,8,11,13-14H,3-4,7,9H2,1-2H3,(H,18,21)/t11-,13+,14+,17-/m1/s1. The maximum Gasteiger partial charge on any atom is 0.235 e. The first-order valence-corrected chi connectivity index (χ1v) is 8.45. The second-order valence-electron chi connectivity index (χ2n) is 6.76. The smallest absolute Gasteiger partial charge is 0.235 e. The predicted octanol–water partition coefficient (Wildman–Crippen LogP) is 1.19. The van der Waals surface area contributed by atoms with Crippen LogP contribution in [0.3, 0.4) is 0 Å². The van der Waals surface area contributed by atoms with Crippen molar-refractivity contribution in [2.24, 2.45) is 11.8 Å². The van der Waals surface area contributed by atoms with Crippen LogP contribution in [-0.4, -0.2) is 41.8 Å². The molecule has 4 rings (SSSR count). The largest absolute Gasteiger partial charge is 0.360 e. The summed E-state index contributed by atoms with van der Waals surface area (Å²) in [6.07, 6.45) is 5.46. The van der Waals surface area contributed by atoms with Gasteiger partial charge in [0.25, 0.3) is 0 Å². The fourth-order valence-electron chi connectivity index (χ4n) is 3.98. The molecule has 24 heavy (non-hydrogen) atoms. The lowest BCUT2D eigenvalue weighted by Gasteiger charge is -2.23. The van der Waals surface area contributed by atoms with Crippen LogP contribution in [0, 0.1) is 18.8 Å². The number of aromatic nitrogens is 1. The van der Waals surface area contributed by atoms with Gasteiger partial charge in [0.05, 0.1) is 24.5 Å². The van der Waals surface area contributed by atoms with Crippen molar-refractivity contribution in [3.8, 4) is 0 Å². The normalized spacial score (nSPS) is 33.3. The Morgan fingerprint density at radius 2 is 2.38 bits per heavy atom. The minimum atomic E-state index is -0.721. The number of aryl methyl sites for hydroxylation is 1. The Kier molecular flexibility index (Phi) is 3.49. The van der Waals surface area contributed by atoms with Crippen LogP contribution in [0.2, 0.25) is 0 Å². The minimum absolute atomic E-state index is 0.101. The maximum absolute atomic E-state index is 13.0. The van der Waals surface area contributed by atoms with E-state index in [0.717, 1.165) is 12.8 Å². The molecule has 1 spiro atoms. The molecule has 4 heterocycles. The fourth-order valence-corrected chi connectivity index (χ4v) is 3.98. The third-order valence-electron chi connectivity index (χ3n) is 5.12. The van der Waals surface area contributed by atoms with E-state index in [9.17, 15) is 9.59 Å². The molecule has 7 heteroatoms. The number of ether oxygens (including phenoxy) is 1. The second-order valence-corrected chi connectivity index (χ2v) is 6.76. The highest BCUT2D eigenvalue weighted by molar-refractivity contribution is 6.02. The van der Waals surface area contributed by atoms with Gasteiger partial charge < -0.3 is 14.6 Å². The number of hydrogen-bond donors (Lipinski definition) is 1. The van der Waals surface area contributed by atoms with Gasteiger partial charge in [0.1, 0.15) is 11.4 Å². The van der Waals surface area contributed by atoms with E-state index in [1.807, 2.05) is 12.2 Å². The number of unbranched alkanes of at least 4 members (excludes halogenated alkanes) is 1. The zero-order valence-corrected chi connectivity index (χ0v) is 13.8. The van der Waals surface area contributed by atoms with Crippen LogP contribution in [-0.2, 0) is 14.3 Å². The van der Waals surface area contributed by atoms with Crippen molar-refractivity contribution in [2.75, 3.05) is 18.0 Å². The van der Waals surface area contributed by atoms with Gasteiger partial charge >= 0.3 is 0 Å². The number of fused-ring (bicyclic) bond motifs is 1. The molecule has 7 nitrogen and oxygen atoms in total. The molecular weight excluding hydrogens is 310 g/mol. The third kappa shape index (κ3) is 2.11. The molecule has 0 unspecified atom stereocenters. The lowest BCUT2D eigenvalue weighted by atomic mass is 9.77. The molecule has 0 aromatic carbocycles. The number of carbonyl (C=O) groups excluding carboxylic acids is 2. The Hall–Kier alpha value is -2.15. The quantitative estimate of drug-likeness (QED) is 0.647. The summed E-state index contributed by atoms with van der Waals surface area (Å²) in [5, 5.41) is 6.88. The Morgan fingerprint density at radius 1 is 1.54 bits per heavy atom. The first-order chi connectivity index (χ1) is 11.6. The third-order valence-corrected chi connectivity index (χ3v) is 5.12. The van der Waals surface area contributed by atoms with Crippen LogP contribution < -0.4 is 10.2 Å². The fraction of sp³-hybridized carbons (Fsp3) is 0.588. The number of anilines is 1. The van der Waals surface area contributed by atoms with Crippen molar-refractivity contribution < 1.29 is 18.8 Å². The number of hydrogen-bond acceptors (Lipinski definition) is 5. The summed E-state index contributed by atoms with van der Waals surface area (Å²) < 4.78 is 11.1. The molecule has 3 aliphatic rings. The predicted molar refractivity (Wildman–Crippen MR) is 85.2 cm³/mol. The van der Waals surface area contributed by atoms with E-state index < -0.39 is 17.4 Å². The van der Waals surface area contributed by atoms with E-state index in [4.69, 9.17) is 9.26 Å². The molecule has 2 saturated heterocycles. The Morgan fingerprint density at radius 3 is 3.08 bits per heavy atom. The first-order valence-electron chi connectivity index (χ1n) is 8.45. The molecule has 4 atom stereocenters. The number of nitrogens with one attached hydrogen (secondary N) is 1. The zero-order chi connectivity index (χ0) is 16.9. The number of carbonyl (C=O) groups is 2. The molecule has 3 aliphatic heterocycles. The van der Waals surface area contributed by atoms with E-state index in [0.29, 0.717) is 24.7 Å². The molecular formula is C17H21N3O4. The highest BCUT2D eigenvalue weighted by Gasteiger charge is 2.67. The molecule has 2 fully saturated rings. The summed E-state index contributed by atoms with van der Waals surface area (Å²) in [7, 11) is 0. The van der Waals surface area contributed by atoms with Crippen LogP contribution in [0.1, 0.15) is 25.5 Å². The Balaban J connectivity index is 1.59. The van der Waals surface area contributed by atoms with E-state index in [1.165, 1.54) is 0 Å². The zero-order valence-electron chi connectivity index (χ0n) is 13.8. The van der Waals surface area contributed by atoms with Crippen molar-refractivity contribution >= 4 is 17.6 Å². The van der Waals surface area contributed by atoms with Crippen LogP contribution >= 0.6 is 0 Å². The van der Waals surface area contributed by atoms with Crippen molar-refractivity contribution in [2.45, 2.75) is 38.4 Å². The summed E-state index contributed by atoms with van der Waals surface area (Å²) in [6, 6.07) is 1.72. The highest BCUT2D eigenvalue weighted by Crippen LogP contribution is 2.52. The van der Waals surface area contributed by atoms with Crippen molar-refractivity contribution in [1.29, 1.82) is 0 Å². The van der Waals surface area contributed by atoms with Gasteiger partial charge in [-0.1, -0.05) is 30.7 Å². The summed E-state index contributed by atoms with van der Waals surface area (Å²) in [5.74, 6) is -0.0701. The molecule has 2 amide bonds. The van der Waals surface area contributed by atoms with Crippen LogP contribution in [0.25, 0.3) is 0 Å². The molecule has 2 bridgehead atoms. The summed E-state index contributed by atoms with van der Waals surface area (Å²) in [6.45, 7) is 4.85. The molecule has 0 radical (unpaired) electrons. The van der Waals surface area contributed by atoms with Gasteiger partial charge in [0, 0.05) is 12.6 Å². The van der Waals surface area contributed by atoms with Crippen LogP contribution in [0.15, 0.2) is 22.7 Å². The van der Waals surface area contributed by atoms with Crippen molar-refractivity contribution in [3.63, 3.8) is 0 Å². The molecule has 1 aromatic heterocycles. The van der Waals surface area contributed by atoms with Gasteiger partial charge in [-0.3, -0.25) is 14.5 Å². The summed E-state index contributed by atoms with van der Waals surface area (Å²) in [5.41, 5.74) is -0.721. The lowest BCUT2D eigenvalue weighted by Crippen LogP contribution is -2.44. The van der Waals surface area contributed by atoms with Crippen LogP contribution in [0.5, 0.6) is 0 Å². The van der Waals surface area contributed by atoms with Crippen LogP contribution in [0.4, 0.5) is 5.82 Å². The SMILES string of the molecule is CCCCNC(=O)[C@@H]1[C@H]2C(=O)N(c3cc(C)on3)C[C@]23C=C[C@H]1O3. The Labute approximate surface area is 140 Å². The molecule has 0 saturated carbocycles. The van der Waals surface area contributed by atoms with Gasteiger partial charge in [0.15, 0.2) is 5.82 Å². The van der Waals surface area contributed by atoms with E-state index in [1.54, 1.807) is 17.9 Å². The van der Waals surface area contributed by atoms with Gasteiger partial charge in [-0.15, -0.1) is 0 Å². The number of amides is 2. The van der Waals surface area contributed by atoms with Gasteiger partial charge in [-0.05, 0) is 13.3 Å². The second kappa shape index (κ2) is 5.44. The van der Waals surface area contributed by atoms with Gasteiger partial charge in [0.2, 0.25) is 11.8 Å². The molecule has 128 valence electrons. The van der Waals surface area contributed by atoms with E-state index in [2.05, 4.69) is 17.4 Å². The average Bonchev–Trinajstić information content (AvgIpc) is 3.28. The highest BCUT2D eigenvalue weighted by atomic mass is 16.5. The van der Waals surface area contributed by atoms with Gasteiger partial charge in [-0.25, -0.2) is 0 Å². The molecule has 1 N–H and O–H groups in total. The topological polar surface area (TPSA) is 84.7 Å². The van der Waals surface area contributed by atoms with Gasteiger partial charge in [-0.2, -0.15) is 0 Å². The minimum Gasteiger partial charge on any atom is -0.360 e. The van der Waals surface area contributed by atoms with E-state index in [-0.39, 0.29) is 17.9 Å².